The van der Waals surface area contributed by atoms with Crippen molar-refractivity contribution in [3.05, 3.63) is 35.4 Å². The van der Waals surface area contributed by atoms with Gasteiger partial charge in [-0.05, 0) is 43.4 Å². The van der Waals surface area contributed by atoms with Crippen molar-refractivity contribution in [3.63, 3.8) is 0 Å². The summed E-state index contributed by atoms with van der Waals surface area (Å²) in [6.45, 7) is 0. The van der Waals surface area contributed by atoms with E-state index in [0.717, 1.165) is 24.8 Å². The van der Waals surface area contributed by atoms with E-state index in [9.17, 15) is 4.79 Å². The third-order valence-corrected chi connectivity index (χ3v) is 3.05. The number of anilines is 1. The first kappa shape index (κ1) is 11.7. The van der Waals surface area contributed by atoms with Crippen molar-refractivity contribution < 1.29 is 9.53 Å². The molecule has 0 amide bonds. The molecule has 90 valence electrons. The van der Waals surface area contributed by atoms with Gasteiger partial charge in [0.1, 0.15) is 5.75 Å². The average Bonchev–Trinajstić information content (AvgIpc) is 2.39. The van der Waals surface area contributed by atoms with Gasteiger partial charge in [-0.25, -0.2) is 0 Å². The van der Waals surface area contributed by atoms with Crippen LogP contribution in [0, 0.1) is 0 Å². The summed E-state index contributed by atoms with van der Waals surface area (Å²) in [5, 5.41) is 0. The smallest absolute Gasteiger partial charge is 0.192 e. The fraction of sp³-hybridized carbons (Fsp3) is 0.357. The number of carbonyl (C=O) groups is 1. The second kappa shape index (κ2) is 5.04. The van der Waals surface area contributed by atoms with Gasteiger partial charge in [0.2, 0.25) is 0 Å². The van der Waals surface area contributed by atoms with Crippen molar-refractivity contribution in [1.29, 1.82) is 0 Å². The molecule has 1 aliphatic rings. The van der Waals surface area contributed by atoms with Crippen molar-refractivity contribution in [2.45, 2.75) is 25.7 Å². The Hall–Kier alpha value is -1.77. The van der Waals surface area contributed by atoms with Crippen LogP contribution in [-0.2, 0) is 0 Å². The zero-order chi connectivity index (χ0) is 12.3. The summed E-state index contributed by atoms with van der Waals surface area (Å²) in [5.41, 5.74) is 7.79. The summed E-state index contributed by atoms with van der Waals surface area (Å²) in [5.74, 6) is 0.628. The minimum absolute atomic E-state index is 0.0709. The maximum atomic E-state index is 12.3. The first-order valence-corrected chi connectivity index (χ1v) is 5.89. The maximum absolute atomic E-state index is 12.3. The van der Waals surface area contributed by atoms with Gasteiger partial charge < -0.3 is 10.5 Å². The molecule has 0 aliphatic heterocycles. The lowest BCUT2D eigenvalue weighted by Crippen LogP contribution is -2.08. The molecule has 1 aliphatic carbocycles. The SMILES string of the molecule is COc1cc(N)ccc1C(=O)C1=CCCCC1. The van der Waals surface area contributed by atoms with Crippen LogP contribution in [0.5, 0.6) is 5.75 Å². The van der Waals surface area contributed by atoms with E-state index in [1.165, 1.54) is 6.42 Å². The van der Waals surface area contributed by atoms with E-state index in [2.05, 4.69) is 0 Å². The number of rotatable bonds is 3. The second-order valence-electron chi connectivity index (χ2n) is 4.26. The van der Waals surface area contributed by atoms with Crippen molar-refractivity contribution in [1.82, 2.24) is 0 Å². The molecular formula is C14H17NO2. The molecule has 1 aromatic rings. The van der Waals surface area contributed by atoms with Gasteiger partial charge in [-0.15, -0.1) is 0 Å². The van der Waals surface area contributed by atoms with Gasteiger partial charge in [0.25, 0.3) is 0 Å². The van der Waals surface area contributed by atoms with Crippen LogP contribution in [0.1, 0.15) is 36.0 Å². The van der Waals surface area contributed by atoms with Crippen LogP contribution in [0.2, 0.25) is 0 Å². The third kappa shape index (κ3) is 2.49. The highest BCUT2D eigenvalue weighted by Gasteiger charge is 2.18. The molecule has 0 unspecified atom stereocenters. The van der Waals surface area contributed by atoms with E-state index in [-0.39, 0.29) is 5.78 Å². The number of nitrogen functional groups attached to an aromatic ring is 1. The van der Waals surface area contributed by atoms with Gasteiger partial charge in [-0.1, -0.05) is 6.08 Å². The number of ether oxygens (including phenoxy) is 1. The normalized spacial score (nSPS) is 15.2. The highest BCUT2D eigenvalue weighted by atomic mass is 16.5. The molecule has 17 heavy (non-hydrogen) atoms. The highest BCUT2D eigenvalue weighted by Crippen LogP contribution is 2.27. The largest absolute Gasteiger partial charge is 0.496 e. The van der Waals surface area contributed by atoms with Gasteiger partial charge in [0.05, 0.1) is 12.7 Å². The summed E-state index contributed by atoms with van der Waals surface area (Å²) in [6, 6.07) is 5.17. The Morgan fingerprint density at radius 3 is 2.82 bits per heavy atom. The van der Waals surface area contributed by atoms with Gasteiger partial charge in [0.15, 0.2) is 5.78 Å². The molecule has 0 saturated heterocycles. The number of benzene rings is 1. The molecule has 2 rings (SSSR count). The van der Waals surface area contributed by atoms with Gasteiger partial charge in [-0.2, -0.15) is 0 Å². The summed E-state index contributed by atoms with van der Waals surface area (Å²) in [7, 11) is 1.56. The summed E-state index contributed by atoms with van der Waals surface area (Å²) < 4.78 is 5.21. The van der Waals surface area contributed by atoms with Crippen molar-refractivity contribution in [2.24, 2.45) is 0 Å². The lowest BCUT2D eigenvalue weighted by molar-refractivity contribution is 0.102. The molecule has 0 saturated carbocycles. The van der Waals surface area contributed by atoms with Crippen molar-refractivity contribution >= 4 is 11.5 Å². The minimum atomic E-state index is 0.0709. The van der Waals surface area contributed by atoms with Crippen LogP contribution < -0.4 is 10.5 Å². The van der Waals surface area contributed by atoms with E-state index < -0.39 is 0 Å². The van der Waals surface area contributed by atoms with Crippen LogP contribution in [0.25, 0.3) is 0 Å². The van der Waals surface area contributed by atoms with Crippen molar-refractivity contribution in [3.8, 4) is 5.75 Å². The molecule has 0 aromatic heterocycles. The number of hydrogen-bond acceptors (Lipinski definition) is 3. The summed E-state index contributed by atoms with van der Waals surface area (Å²) >= 11 is 0. The molecule has 0 fully saturated rings. The van der Waals surface area contributed by atoms with Gasteiger partial charge in [-0.3, -0.25) is 4.79 Å². The predicted octanol–water partition coefficient (Wildman–Crippen LogP) is 2.96. The lowest BCUT2D eigenvalue weighted by atomic mass is 9.92. The summed E-state index contributed by atoms with van der Waals surface area (Å²) in [4.78, 5) is 12.3. The lowest BCUT2D eigenvalue weighted by Gasteiger charge is -2.13. The van der Waals surface area contributed by atoms with Crippen molar-refractivity contribution in [2.75, 3.05) is 12.8 Å². The molecule has 2 N–H and O–H groups in total. The Balaban J connectivity index is 2.33. The Morgan fingerprint density at radius 1 is 1.35 bits per heavy atom. The quantitative estimate of drug-likeness (QED) is 0.642. The zero-order valence-electron chi connectivity index (χ0n) is 10.0. The minimum Gasteiger partial charge on any atom is -0.496 e. The Morgan fingerprint density at radius 2 is 2.18 bits per heavy atom. The van der Waals surface area contributed by atoms with E-state index in [1.54, 1.807) is 25.3 Å². The molecule has 0 bridgehead atoms. The molecule has 0 heterocycles. The van der Waals surface area contributed by atoms with E-state index in [1.807, 2.05) is 6.08 Å². The number of nitrogens with two attached hydrogens (primary N) is 1. The third-order valence-electron chi connectivity index (χ3n) is 3.05. The standard InChI is InChI=1S/C14H17NO2/c1-17-13-9-11(15)7-8-12(13)14(16)10-5-3-2-4-6-10/h5,7-9H,2-4,6,15H2,1H3. The predicted molar refractivity (Wildman–Crippen MR) is 68.3 cm³/mol. The molecule has 1 aromatic carbocycles. The van der Waals surface area contributed by atoms with E-state index in [0.29, 0.717) is 17.0 Å². The Labute approximate surface area is 101 Å². The highest BCUT2D eigenvalue weighted by molar-refractivity contribution is 6.10. The number of allylic oxidation sites excluding steroid dienone is 2. The Kier molecular flexibility index (Phi) is 3.47. The van der Waals surface area contributed by atoms with Crippen LogP contribution in [-0.4, -0.2) is 12.9 Å². The van der Waals surface area contributed by atoms with E-state index >= 15 is 0 Å². The van der Waals surface area contributed by atoms with Crippen LogP contribution in [0.3, 0.4) is 0 Å². The molecule has 0 spiro atoms. The molecule has 0 atom stereocenters. The monoisotopic (exact) mass is 231 g/mol. The first-order valence-electron chi connectivity index (χ1n) is 5.89. The van der Waals surface area contributed by atoms with E-state index in [4.69, 9.17) is 10.5 Å². The summed E-state index contributed by atoms with van der Waals surface area (Å²) in [6.07, 6.45) is 6.18. The first-order chi connectivity index (χ1) is 8.22. The van der Waals surface area contributed by atoms with Gasteiger partial charge in [0, 0.05) is 11.8 Å². The maximum Gasteiger partial charge on any atom is 0.192 e. The molecular weight excluding hydrogens is 214 g/mol. The Bertz CT molecular complexity index is 463. The molecule has 3 heteroatoms. The zero-order valence-corrected chi connectivity index (χ0v) is 10.0. The fourth-order valence-electron chi connectivity index (χ4n) is 2.11. The number of Topliss-reactive ketones (excluding diaryl/α,β-unsaturated/α-hetero) is 1. The van der Waals surface area contributed by atoms with Crippen LogP contribution in [0.4, 0.5) is 5.69 Å². The number of ketones is 1. The molecule has 0 radical (unpaired) electrons. The average molecular weight is 231 g/mol. The van der Waals surface area contributed by atoms with Crippen LogP contribution in [0.15, 0.2) is 29.8 Å². The number of methoxy groups -OCH3 is 1. The number of carbonyl (C=O) groups excluding carboxylic acids is 1. The van der Waals surface area contributed by atoms with Gasteiger partial charge >= 0.3 is 0 Å². The van der Waals surface area contributed by atoms with Crippen LogP contribution >= 0.6 is 0 Å². The second-order valence-corrected chi connectivity index (χ2v) is 4.26. The molecule has 3 nitrogen and oxygen atoms in total. The topological polar surface area (TPSA) is 52.3 Å². The fourth-order valence-corrected chi connectivity index (χ4v) is 2.11. The number of hydrogen-bond donors (Lipinski definition) is 1.